The topological polar surface area (TPSA) is 15.3 Å². The molecule has 0 saturated carbocycles. The molecule has 0 heterocycles. The smallest absolute Gasteiger partial charge is 0.0471 e. The van der Waals surface area contributed by atoms with E-state index < -0.39 is 0 Å². The van der Waals surface area contributed by atoms with Crippen molar-refractivity contribution in [3.8, 4) is 0 Å². The molecule has 4 heteroatoms. The van der Waals surface area contributed by atoms with Gasteiger partial charge in [0.1, 0.15) is 0 Å². The summed E-state index contributed by atoms with van der Waals surface area (Å²) in [4.78, 5) is 2.22. The molecule has 0 fully saturated rings. The van der Waals surface area contributed by atoms with Crippen LogP contribution in [-0.4, -0.2) is 14.1 Å². The summed E-state index contributed by atoms with van der Waals surface area (Å²) >= 11 is 9.91. The van der Waals surface area contributed by atoms with Gasteiger partial charge in [-0.25, -0.2) is 0 Å². The standard InChI is InChI=1S/C16H18BrClN2/c1-19-10-13-15(18)8-5-9-16(13)20(2)11-12-6-3-4-7-14(12)17/h3-9,19H,10-11H2,1-2H3. The first-order chi connectivity index (χ1) is 9.63. The fourth-order valence-corrected chi connectivity index (χ4v) is 2.87. The summed E-state index contributed by atoms with van der Waals surface area (Å²) in [5, 5.41) is 3.98. The number of benzene rings is 2. The molecule has 0 spiro atoms. The van der Waals surface area contributed by atoms with Crippen molar-refractivity contribution >= 4 is 33.2 Å². The zero-order valence-electron chi connectivity index (χ0n) is 11.7. The maximum Gasteiger partial charge on any atom is 0.0471 e. The monoisotopic (exact) mass is 352 g/mol. The molecule has 0 aliphatic heterocycles. The molecule has 0 unspecified atom stereocenters. The molecular weight excluding hydrogens is 336 g/mol. The molecule has 2 aromatic rings. The third-order valence-electron chi connectivity index (χ3n) is 3.22. The van der Waals surface area contributed by atoms with Gasteiger partial charge in [-0.2, -0.15) is 0 Å². The van der Waals surface area contributed by atoms with Crippen LogP contribution < -0.4 is 10.2 Å². The van der Waals surface area contributed by atoms with Crippen molar-refractivity contribution in [3.05, 3.63) is 63.1 Å². The lowest BCUT2D eigenvalue weighted by Gasteiger charge is -2.24. The van der Waals surface area contributed by atoms with Crippen LogP contribution >= 0.6 is 27.5 Å². The van der Waals surface area contributed by atoms with E-state index in [1.807, 2.05) is 25.2 Å². The third kappa shape index (κ3) is 3.54. The molecule has 1 N–H and O–H groups in total. The van der Waals surface area contributed by atoms with Crippen LogP contribution in [0.25, 0.3) is 0 Å². The highest BCUT2D eigenvalue weighted by Gasteiger charge is 2.11. The van der Waals surface area contributed by atoms with Crippen molar-refractivity contribution in [2.45, 2.75) is 13.1 Å². The second-order valence-electron chi connectivity index (χ2n) is 4.72. The minimum Gasteiger partial charge on any atom is -0.370 e. The molecule has 0 bridgehead atoms. The van der Waals surface area contributed by atoms with Gasteiger partial charge >= 0.3 is 0 Å². The summed E-state index contributed by atoms with van der Waals surface area (Å²) in [5.74, 6) is 0. The summed E-state index contributed by atoms with van der Waals surface area (Å²) in [6.07, 6.45) is 0. The zero-order chi connectivity index (χ0) is 14.5. The van der Waals surface area contributed by atoms with E-state index in [2.05, 4.69) is 57.5 Å². The Morgan fingerprint density at radius 2 is 1.90 bits per heavy atom. The van der Waals surface area contributed by atoms with E-state index in [0.717, 1.165) is 33.8 Å². The van der Waals surface area contributed by atoms with Crippen molar-refractivity contribution in [1.82, 2.24) is 5.32 Å². The van der Waals surface area contributed by atoms with Crippen molar-refractivity contribution < 1.29 is 0 Å². The van der Waals surface area contributed by atoms with Crippen LogP contribution in [0.2, 0.25) is 5.02 Å². The van der Waals surface area contributed by atoms with E-state index in [1.54, 1.807) is 0 Å². The Bertz CT molecular complexity index is 586. The van der Waals surface area contributed by atoms with E-state index in [4.69, 9.17) is 11.6 Å². The summed E-state index contributed by atoms with van der Waals surface area (Å²) in [7, 11) is 4.02. The van der Waals surface area contributed by atoms with Crippen LogP contribution in [0, 0.1) is 0 Å². The molecule has 106 valence electrons. The molecule has 0 radical (unpaired) electrons. The summed E-state index contributed by atoms with van der Waals surface area (Å²) in [5.41, 5.74) is 3.54. The molecule has 0 aliphatic rings. The van der Waals surface area contributed by atoms with Crippen molar-refractivity contribution in [2.24, 2.45) is 0 Å². The van der Waals surface area contributed by atoms with Crippen LogP contribution in [0.4, 0.5) is 5.69 Å². The van der Waals surface area contributed by atoms with Gasteiger partial charge < -0.3 is 10.2 Å². The Morgan fingerprint density at radius 3 is 2.60 bits per heavy atom. The average Bonchev–Trinajstić information content (AvgIpc) is 2.43. The normalized spacial score (nSPS) is 10.6. The lowest BCUT2D eigenvalue weighted by atomic mass is 10.1. The van der Waals surface area contributed by atoms with E-state index in [1.165, 1.54) is 5.56 Å². The van der Waals surface area contributed by atoms with Crippen LogP contribution in [0.1, 0.15) is 11.1 Å². The van der Waals surface area contributed by atoms with Crippen molar-refractivity contribution in [2.75, 3.05) is 19.0 Å². The lowest BCUT2D eigenvalue weighted by molar-refractivity contribution is 0.805. The van der Waals surface area contributed by atoms with Gasteiger partial charge in [0.15, 0.2) is 0 Å². The predicted molar refractivity (Wildman–Crippen MR) is 90.5 cm³/mol. The summed E-state index contributed by atoms with van der Waals surface area (Å²) in [6, 6.07) is 14.3. The molecule has 0 amide bonds. The third-order valence-corrected chi connectivity index (χ3v) is 4.35. The Morgan fingerprint density at radius 1 is 1.15 bits per heavy atom. The molecule has 0 aliphatic carbocycles. The number of hydrogen-bond donors (Lipinski definition) is 1. The maximum atomic E-state index is 6.31. The van der Waals surface area contributed by atoms with Gasteiger partial charge in [0.25, 0.3) is 0 Å². The Labute approximate surface area is 133 Å². The van der Waals surface area contributed by atoms with E-state index in [-0.39, 0.29) is 0 Å². The average molecular weight is 354 g/mol. The number of rotatable bonds is 5. The lowest BCUT2D eigenvalue weighted by Crippen LogP contribution is -2.20. The van der Waals surface area contributed by atoms with Gasteiger partial charge in [-0.1, -0.05) is 51.8 Å². The van der Waals surface area contributed by atoms with Crippen LogP contribution in [-0.2, 0) is 13.1 Å². The van der Waals surface area contributed by atoms with E-state index in [9.17, 15) is 0 Å². The quantitative estimate of drug-likeness (QED) is 0.854. The number of anilines is 1. The van der Waals surface area contributed by atoms with Gasteiger partial charge in [0.05, 0.1) is 0 Å². The predicted octanol–water partition coefficient (Wildman–Crippen LogP) is 4.46. The first kappa shape index (κ1) is 15.4. The highest BCUT2D eigenvalue weighted by molar-refractivity contribution is 9.10. The minimum absolute atomic E-state index is 0.759. The SMILES string of the molecule is CNCc1c(Cl)cccc1N(C)Cc1ccccc1Br. The molecule has 2 rings (SSSR count). The Kier molecular flexibility index (Phi) is 5.46. The van der Waals surface area contributed by atoms with E-state index in [0.29, 0.717) is 0 Å². The summed E-state index contributed by atoms with van der Waals surface area (Å²) < 4.78 is 1.13. The van der Waals surface area contributed by atoms with Gasteiger partial charge in [0.2, 0.25) is 0 Å². The highest BCUT2D eigenvalue weighted by Crippen LogP contribution is 2.28. The Balaban J connectivity index is 2.27. The van der Waals surface area contributed by atoms with Gasteiger partial charge in [0, 0.05) is 40.9 Å². The number of halogens is 2. The molecular formula is C16H18BrClN2. The largest absolute Gasteiger partial charge is 0.370 e. The number of nitrogens with one attached hydrogen (secondary N) is 1. The van der Waals surface area contributed by atoms with Crippen molar-refractivity contribution in [3.63, 3.8) is 0 Å². The fourth-order valence-electron chi connectivity index (χ4n) is 2.22. The molecule has 20 heavy (non-hydrogen) atoms. The van der Waals surface area contributed by atoms with Crippen molar-refractivity contribution in [1.29, 1.82) is 0 Å². The maximum absolute atomic E-state index is 6.31. The molecule has 0 aromatic heterocycles. The second kappa shape index (κ2) is 7.11. The van der Waals surface area contributed by atoms with Crippen LogP contribution in [0.5, 0.6) is 0 Å². The molecule has 0 saturated heterocycles. The first-order valence-corrected chi connectivity index (χ1v) is 7.67. The molecule has 0 atom stereocenters. The highest BCUT2D eigenvalue weighted by atomic mass is 79.9. The summed E-state index contributed by atoms with van der Waals surface area (Å²) in [6.45, 7) is 1.59. The minimum atomic E-state index is 0.759. The molecule has 2 aromatic carbocycles. The Hall–Kier alpha value is -1.03. The van der Waals surface area contributed by atoms with Crippen LogP contribution in [0.15, 0.2) is 46.9 Å². The van der Waals surface area contributed by atoms with Gasteiger partial charge in [-0.15, -0.1) is 0 Å². The van der Waals surface area contributed by atoms with E-state index >= 15 is 0 Å². The van der Waals surface area contributed by atoms with Crippen LogP contribution in [0.3, 0.4) is 0 Å². The zero-order valence-corrected chi connectivity index (χ0v) is 14.0. The number of nitrogens with zero attached hydrogens (tertiary/aromatic N) is 1. The van der Waals surface area contributed by atoms with Gasteiger partial charge in [-0.3, -0.25) is 0 Å². The molecule has 2 nitrogen and oxygen atoms in total. The van der Waals surface area contributed by atoms with Gasteiger partial charge in [-0.05, 0) is 30.8 Å². The fraction of sp³-hybridized carbons (Fsp3) is 0.250. The number of hydrogen-bond acceptors (Lipinski definition) is 2. The second-order valence-corrected chi connectivity index (χ2v) is 5.98. The first-order valence-electron chi connectivity index (χ1n) is 6.50.